The summed E-state index contributed by atoms with van der Waals surface area (Å²) in [4.78, 5) is 4.26. The van der Waals surface area contributed by atoms with Gasteiger partial charge in [0.25, 0.3) is 0 Å². The first-order valence-corrected chi connectivity index (χ1v) is 5.24. The van der Waals surface area contributed by atoms with Crippen LogP contribution in [0.15, 0.2) is 0 Å². The smallest absolute Gasteiger partial charge is 0.0601 e. The van der Waals surface area contributed by atoms with Gasteiger partial charge in [-0.3, -0.25) is 4.90 Å². The lowest BCUT2D eigenvalue weighted by Crippen LogP contribution is -2.49. The summed E-state index contributed by atoms with van der Waals surface area (Å²) in [6.45, 7) is 4.11. The minimum atomic E-state index is 0.0622. The highest BCUT2D eigenvalue weighted by Gasteiger charge is 2.19. The predicted molar refractivity (Wildman–Crippen MR) is 60.3 cm³/mol. The van der Waals surface area contributed by atoms with Gasteiger partial charge in [0.2, 0.25) is 0 Å². The predicted octanol–water partition coefficient (Wildman–Crippen LogP) is -0.422. The normalized spacial score (nSPS) is 16.3. The topological polar surface area (TPSA) is 52.7 Å². The third kappa shape index (κ3) is 4.91. The number of nitrogens with two attached hydrogens (primary N) is 1. The first-order valence-electron chi connectivity index (χ1n) is 5.24. The molecule has 0 aliphatic heterocycles. The fraction of sp³-hybridized carbons (Fsp3) is 1.00. The van der Waals surface area contributed by atoms with Crippen LogP contribution in [0.1, 0.15) is 13.3 Å². The number of rotatable bonds is 7. The van der Waals surface area contributed by atoms with E-state index in [4.69, 9.17) is 5.73 Å². The van der Waals surface area contributed by atoms with Crippen molar-refractivity contribution in [3.8, 4) is 0 Å². The van der Waals surface area contributed by atoms with Crippen molar-refractivity contribution < 1.29 is 5.11 Å². The van der Waals surface area contributed by atoms with Crippen LogP contribution in [0, 0.1) is 0 Å². The highest BCUT2D eigenvalue weighted by Crippen LogP contribution is 2.03. The molecule has 0 radical (unpaired) electrons. The molecule has 4 heteroatoms. The summed E-state index contributed by atoms with van der Waals surface area (Å²) in [6.07, 6.45) is 0.900. The molecule has 0 saturated carbocycles. The molecule has 14 heavy (non-hydrogen) atoms. The van der Waals surface area contributed by atoms with Gasteiger partial charge < -0.3 is 15.7 Å². The van der Waals surface area contributed by atoms with E-state index in [1.807, 2.05) is 28.1 Å². The summed E-state index contributed by atoms with van der Waals surface area (Å²) in [5, 5.41) is 9.23. The van der Waals surface area contributed by atoms with Crippen LogP contribution in [-0.4, -0.2) is 67.8 Å². The summed E-state index contributed by atoms with van der Waals surface area (Å²) in [5.74, 6) is 0. The van der Waals surface area contributed by atoms with Gasteiger partial charge in [0.1, 0.15) is 0 Å². The number of hydrogen-bond donors (Lipinski definition) is 2. The Labute approximate surface area is 87.7 Å². The molecule has 4 nitrogen and oxygen atoms in total. The third-order valence-corrected chi connectivity index (χ3v) is 2.62. The zero-order valence-corrected chi connectivity index (χ0v) is 9.90. The lowest BCUT2D eigenvalue weighted by atomic mass is 10.1. The maximum atomic E-state index is 9.23. The Morgan fingerprint density at radius 3 is 2.14 bits per heavy atom. The van der Waals surface area contributed by atoms with Crippen molar-refractivity contribution in [1.82, 2.24) is 9.80 Å². The summed E-state index contributed by atoms with van der Waals surface area (Å²) >= 11 is 0. The van der Waals surface area contributed by atoms with E-state index >= 15 is 0 Å². The van der Waals surface area contributed by atoms with Gasteiger partial charge in [-0.25, -0.2) is 0 Å². The van der Waals surface area contributed by atoms with Crippen molar-refractivity contribution in [2.75, 3.05) is 40.8 Å². The molecule has 0 aromatic carbocycles. The lowest BCUT2D eigenvalue weighted by molar-refractivity contribution is 0.118. The van der Waals surface area contributed by atoms with Crippen LogP contribution in [0.4, 0.5) is 0 Å². The Morgan fingerprint density at radius 1 is 1.21 bits per heavy atom. The second-order valence-corrected chi connectivity index (χ2v) is 4.11. The van der Waals surface area contributed by atoms with Crippen LogP contribution in [0.25, 0.3) is 0 Å². The number of aliphatic hydroxyl groups is 1. The van der Waals surface area contributed by atoms with Crippen LogP contribution in [0.2, 0.25) is 0 Å². The fourth-order valence-electron chi connectivity index (χ4n) is 1.40. The number of likely N-dealkylation sites (N-methyl/N-ethyl adjacent to an activating group) is 2. The first-order chi connectivity index (χ1) is 6.52. The van der Waals surface area contributed by atoms with Crippen molar-refractivity contribution in [2.24, 2.45) is 5.73 Å². The second-order valence-electron chi connectivity index (χ2n) is 4.11. The zero-order chi connectivity index (χ0) is 11.1. The highest BCUT2D eigenvalue weighted by atomic mass is 16.3. The minimum absolute atomic E-state index is 0.0622. The van der Waals surface area contributed by atoms with Gasteiger partial charge in [-0.2, -0.15) is 0 Å². The Kier molecular flexibility index (Phi) is 7.09. The van der Waals surface area contributed by atoms with Gasteiger partial charge in [-0.15, -0.1) is 0 Å². The molecule has 0 aromatic heterocycles. The molecule has 0 bridgehead atoms. The monoisotopic (exact) mass is 203 g/mol. The number of hydrogen-bond acceptors (Lipinski definition) is 4. The maximum absolute atomic E-state index is 9.23. The standard InChI is InChI=1S/C10H25N3O/c1-5-9(11)10(8-14)13(4)7-6-12(2)3/h9-10,14H,5-8,11H2,1-4H3. The molecule has 0 amide bonds. The molecule has 3 N–H and O–H groups in total. The van der Waals surface area contributed by atoms with Crippen molar-refractivity contribution in [1.29, 1.82) is 0 Å². The molecule has 0 rings (SSSR count). The maximum Gasteiger partial charge on any atom is 0.0601 e. The molecule has 0 saturated heterocycles. The molecule has 2 atom stereocenters. The SMILES string of the molecule is CCC(N)C(CO)N(C)CCN(C)C. The van der Waals surface area contributed by atoms with Crippen LogP contribution in [0.5, 0.6) is 0 Å². The van der Waals surface area contributed by atoms with E-state index in [0.717, 1.165) is 19.5 Å². The molecule has 0 aliphatic rings. The van der Waals surface area contributed by atoms with E-state index in [9.17, 15) is 5.11 Å². The molecule has 0 aromatic rings. The quantitative estimate of drug-likeness (QED) is 0.590. The summed E-state index contributed by atoms with van der Waals surface area (Å²) in [5.41, 5.74) is 5.92. The van der Waals surface area contributed by atoms with Crippen LogP contribution in [-0.2, 0) is 0 Å². The van der Waals surface area contributed by atoms with E-state index in [0.29, 0.717) is 0 Å². The minimum Gasteiger partial charge on any atom is -0.395 e. The third-order valence-electron chi connectivity index (χ3n) is 2.62. The Morgan fingerprint density at radius 2 is 1.79 bits per heavy atom. The van der Waals surface area contributed by atoms with Gasteiger partial charge in [-0.05, 0) is 27.6 Å². The van der Waals surface area contributed by atoms with Gasteiger partial charge in [0.15, 0.2) is 0 Å². The molecular formula is C10H25N3O. The molecular weight excluding hydrogens is 178 g/mol. The zero-order valence-electron chi connectivity index (χ0n) is 9.90. The van der Waals surface area contributed by atoms with E-state index in [2.05, 4.69) is 9.80 Å². The number of aliphatic hydroxyl groups excluding tert-OH is 1. The summed E-state index contributed by atoms with van der Waals surface area (Å²) < 4.78 is 0. The first kappa shape index (κ1) is 13.8. The molecule has 0 heterocycles. The lowest BCUT2D eigenvalue weighted by Gasteiger charge is -2.31. The summed E-state index contributed by atoms with van der Waals surface area (Å²) in [7, 11) is 6.10. The fourth-order valence-corrected chi connectivity index (χ4v) is 1.40. The Balaban J connectivity index is 3.97. The molecule has 0 fully saturated rings. The average Bonchev–Trinajstić information content (AvgIpc) is 2.15. The van der Waals surface area contributed by atoms with E-state index in [1.165, 1.54) is 0 Å². The van der Waals surface area contributed by atoms with Gasteiger partial charge >= 0.3 is 0 Å². The van der Waals surface area contributed by atoms with Crippen molar-refractivity contribution >= 4 is 0 Å². The van der Waals surface area contributed by atoms with Gasteiger partial charge in [0, 0.05) is 25.2 Å². The molecule has 2 unspecified atom stereocenters. The molecule has 86 valence electrons. The van der Waals surface area contributed by atoms with Crippen LogP contribution >= 0.6 is 0 Å². The van der Waals surface area contributed by atoms with E-state index < -0.39 is 0 Å². The summed E-state index contributed by atoms with van der Waals surface area (Å²) in [6, 6.07) is 0.145. The molecule has 0 aliphatic carbocycles. The van der Waals surface area contributed by atoms with E-state index in [-0.39, 0.29) is 18.7 Å². The van der Waals surface area contributed by atoms with Crippen LogP contribution in [0.3, 0.4) is 0 Å². The number of nitrogens with zero attached hydrogens (tertiary/aromatic N) is 2. The Bertz CT molecular complexity index is 141. The average molecular weight is 203 g/mol. The van der Waals surface area contributed by atoms with Crippen molar-refractivity contribution in [3.05, 3.63) is 0 Å². The van der Waals surface area contributed by atoms with Gasteiger partial charge in [-0.1, -0.05) is 6.92 Å². The van der Waals surface area contributed by atoms with Gasteiger partial charge in [0.05, 0.1) is 6.61 Å². The highest BCUT2D eigenvalue weighted by molar-refractivity contribution is 4.79. The molecule has 0 spiro atoms. The largest absolute Gasteiger partial charge is 0.395 e. The van der Waals surface area contributed by atoms with Crippen molar-refractivity contribution in [3.63, 3.8) is 0 Å². The Hall–Kier alpha value is -0.160. The second kappa shape index (κ2) is 7.17. The van der Waals surface area contributed by atoms with Crippen molar-refractivity contribution in [2.45, 2.75) is 25.4 Å². The van der Waals surface area contributed by atoms with E-state index in [1.54, 1.807) is 0 Å². The van der Waals surface area contributed by atoms with Crippen LogP contribution < -0.4 is 5.73 Å².